The molecule has 2 nitrogen and oxygen atoms in total. The van der Waals surface area contributed by atoms with Crippen LogP contribution in [0, 0.1) is 11.3 Å². The zero-order valence-electron chi connectivity index (χ0n) is 38.2. The number of rotatable bonds is 7. The van der Waals surface area contributed by atoms with Gasteiger partial charge in [0.15, 0.2) is 12.7 Å². The third kappa shape index (κ3) is 13.5. The highest BCUT2D eigenvalue weighted by atomic mass is 19.4. The molecule has 412 valence electrons. The molecule has 0 amide bonds. The zero-order chi connectivity index (χ0) is 58.4. The first-order valence-corrected chi connectivity index (χ1v) is 21.5. The third-order valence-electron chi connectivity index (χ3n) is 11.9. The van der Waals surface area contributed by atoms with Crippen molar-refractivity contribution >= 4 is 28.0 Å². The molecule has 0 saturated heterocycles. The van der Waals surface area contributed by atoms with E-state index in [2.05, 4.69) is 47.2 Å². The molecule has 1 aromatic heterocycles. The van der Waals surface area contributed by atoms with Crippen molar-refractivity contribution in [1.82, 2.24) is 0 Å². The van der Waals surface area contributed by atoms with E-state index in [1.807, 2.05) is 42.5 Å². The molecule has 7 rings (SSSR count). The SMILES string of the molecule is FC(F)(F)c1cc([B-](c2cc(C(F)(F)F)cc(C(F)(F)F)c2)(c2cc(C(F)(F)F)cc(C(F)(F)F)c2)c2cc(C(F)(F)F)cc(C(F)(F)F)c2)cc(C(F)(F)F)c1.N#Cc1ccc(-c2cccc[n+]2Cc2ccccc2)cc1. The third-order valence-corrected chi connectivity index (χ3v) is 11.9. The second-order valence-electron chi connectivity index (χ2n) is 17.1. The highest BCUT2D eigenvalue weighted by molar-refractivity contribution is 7.20. The van der Waals surface area contributed by atoms with Gasteiger partial charge in [-0.15, -0.1) is 0 Å². The molecule has 0 unspecified atom stereocenters. The van der Waals surface area contributed by atoms with Crippen LogP contribution in [0.25, 0.3) is 11.3 Å². The Morgan fingerprint density at radius 1 is 0.333 bits per heavy atom. The van der Waals surface area contributed by atoms with E-state index in [1.165, 1.54) is 5.56 Å². The van der Waals surface area contributed by atoms with E-state index >= 15 is 0 Å². The quantitative estimate of drug-likeness (QED) is 0.0888. The number of alkyl halides is 24. The van der Waals surface area contributed by atoms with Crippen molar-refractivity contribution in [3.63, 3.8) is 0 Å². The minimum atomic E-state index is -6.13. The van der Waals surface area contributed by atoms with Crippen molar-refractivity contribution in [2.24, 2.45) is 0 Å². The predicted molar refractivity (Wildman–Crippen MR) is 232 cm³/mol. The van der Waals surface area contributed by atoms with Crippen LogP contribution in [0.4, 0.5) is 105 Å². The molecule has 0 saturated carbocycles. The molecule has 27 heteroatoms. The number of nitrogens with zero attached hydrogens (tertiary/aromatic N) is 2. The van der Waals surface area contributed by atoms with Crippen LogP contribution in [-0.4, -0.2) is 6.15 Å². The molecule has 0 atom stereocenters. The van der Waals surface area contributed by atoms with Crippen molar-refractivity contribution in [1.29, 1.82) is 5.26 Å². The van der Waals surface area contributed by atoms with Gasteiger partial charge in [-0.2, -0.15) is 137 Å². The van der Waals surface area contributed by atoms with E-state index in [9.17, 15) is 105 Å². The highest BCUT2D eigenvalue weighted by Gasteiger charge is 2.47. The lowest BCUT2D eigenvalue weighted by Gasteiger charge is -2.46. The van der Waals surface area contributed by atoms with E-state index in [0.29, 0.717) is 5.56 Å². The first-order chi connectivity index (χ1) is 35.6. The Labute approximate surface area is 423 Å². The van der Waals surface area contributed by atoms with Crippen LogP contribution in [0.2, 0.25) is 0 Å². The van der Waals surface area contributed by atoms with Crippen LogP contribution in [0.1, 0.15) is 55.6 Å². The van der Waals surface area contributed by atoms with E-state index in [4.69, 9.17) is 5.26 Å². The molecule has 0 spiro atoms. The minimum Gasteiger partial charge on any atom is -0.194 e. The summed E-state index contributed by atoms with van der Waals surface area (Å²) in [5.41, 5.74) is -26.0. The Bertz CT molecular complexity index is 2880. The van der Waals surface area contributed by atoms with Crippen LogP contribution >= 0.6 is 0 Å². The molecule has 78 heavy (non-hydrogen) atoms. The Kier molecular flexibility index (Phi) is 16.0. The molecular weight excluding hydrogens is 1110 g/mol. The monoisotopic (exact) mass is 1130 g/mol. The van der Waals surface area contributed by atoms with Crippen LogP contribution in [0.5, 0.6) is 0 Å². The Morgan fingerprint density at radius 2 is 0.603 bits per heavy atom. The van der Waals surface area contributed by atoms with Gasteiger partial charge in [0.1, 0.15) is 6.15 Å². The Morgan fingerprint density at radius 3 is 0.859 bits per heavy atom. The maximum atomic E-state index is 14.2. The molecule has 0 fully saturated rings. The van der Waals surface area contributed by atoms with Crippen LogP contribution < -0.4 is 26.4 Å². The standard InChI is InChI=1S/C32H12BF24.C19H15N2/c34-25(35,36)13-1-14(26(37,38)39)6-21(5-13)33(22-7-15(27(40,41)42)2-16(8-22)28(43,44)45,23-9-17(29(46,47)48)3-18(10-23)30(49,50)51)24-11-19(31(52,53)54)4-20(12-24)32(55,56)57;20-14-16-9-11-18(12-10-16)19-8-4-5-13-21(19)15-17-6-2-1-3-7-17/h1-12H;1-13H,15H2/q-1;+1. The molecule has 0 aliphatic heterocycles. The van der Waals surface area contributed by atoms with Crippen molar-refractivity contribution in [2.45, 2.75) is 56.0 Å². The van der Waals surface area contributed by atoms with Gasteiger partial charge in [0.25, 0.3) is 0 Å². The van der Waals surface area contributed by atoms with E-state index in [0.717, 1.165) is 17.8 Å². The molecular formula is C51H27BF24N2. The smallest absolute Gasteiger partial charge is 0.194 e. The fourth-order valence-electron chi connectivity index (χ4n) is 8.44. The minimum absolute atomic E-state index is 0.685. The number of nitriles is 1. The largest absolute Gasteiger partial charge is 0.416 e. The van der Waals surface area contributed by atoms with Crippen molar-refractivity contribution in [2.75, 3.05) is 0 Å². The summed E-state index contributed by atoms with van der Waals surface area (Å²) in [6.07, 6.45) is -52.7. The van der Waals surface area contributed by atoms with Gasteiger partial charge in [-0.25, -0.2) is 0 Å². The Balaban J connectivity index is 0.000000387. The lowest BCUT2D eigenvalue weighted by molar-refractivity contribution is -0.677. The van der Waals surface area contributed by atoms with Gasteiger partial charge < -0.3 is 0 Å². The van der Waals surface area contributed by atoms with Gasteiger partial charge in [0, 0.05) is 23.3 Å². The van der Waals surface area contributed by atoms with Crippen molar-refractivity contribution < 1.29 is 110 Å². The van der Waals surface area contributed by atoms with Gasteiger partial charge in [0.2, 0.25) is 5.69 Å². The second-order valence-corrected chi connectivity index (χ2v) is 17.1. The van der Waals surface area contributed by atoms with Crippen molar-refractivity contribution in [3.05, 3.63) is 207 Å². The number of hydrogen-bond acceptors (Lipinski definition) is 1. The summed E-state index contributed by atoms with van der Waals surface area (Å²) >= 11 is 0. The summed E-state index contributed by atoms with van der Waals surface area (Å²) in [5, 5.41) is 8.89. The number of halogens is 24. The lowest BCUT2D eigenvalue weighted by atomic mass is 9.12. The van der Waals surface area contributed by atoms with Gasteiger partial charge in [-0.3, -0.25) is 0 Å². The first kappa shape index (κ1) is 59.6. The lowest BCUT2D eigenvalue weighted by Crippen LogP contribution is -2.75. The molecule has 0 aliphatic carbocycles. The van der Waals surface area contributed by atoms with Gasteiger partial charge >= 0.3 is 49.4 Å². The molecule has 7 aromatic rings. The van der Waals surface area contributed by atoms with Gasteiger partial charge in [-0.1, -0.05) is 78.9 Å². The highest BCUT2D eigenvalue weighted by Crippen LogP contribution is 2.41. The van der Waals surface area contributed by atoms with Gasteiger partial charge in [-0.05, 0) is 54.6 Å². The fourth-order valence-corrected chi connectivity index (χ4v) is 8.44. The topological polar surface area (TPSA) is 27.7 Å². The zero-order valence-corrected chi connectivity index (χ0v) is 38.2. The number of hydrogen-bond donors (Lipinski definition) is 0. The van der Waals surface area contributed by atoms with Crippen LogP contribution in [-0.2, 0) is 56.0 Å². The number of pyridine rings is 1. The summed E-state index contributed by atoms with van der Waals surface area (Å²) < 4.78 is 343. The molecule has 0 N–H and O–H groups in total. The van der Waals surface area contributed by atoms with Crippen LogP contribution in [0.3, 0.4) is 0 Å². The molecule has 1 heterocycles. The first-order valence-electron chi connectivity index (χ1n) is 21.5. The summed E-state index contributed by atoms with van der Waals surface area (Å²) in [4.78, 5) is 0. The van der Waals surface area contributed by atoms with Crippen LogP contribution in [0.15, 0.2) is 152 Å². The average molecular weight is 1130 g/mol. The van der Waals surface area contributed by atoms with Gasteiger partial charge in [0.05, 0.1) is 56.1 Å². The fraction of sp³-hybridized carbons (Fsp3) is 0.176. The summed E-state index contributed by atoms with van der Waals surface area (Å²) in [6, 6.07) is 17.6. The predicted octanol–water partition coefficient (Wildman–Crippen LogP) is 14.8. The maximum Gasteiger partial charge on any atom is 0.416 e. The average Bonchev–Trinajstić information content (AvgIpc) is 3.51. The molecule has 6 aromatic carbocycles. The maximum absolute atomic E-state index is 14.2. The molecule has 0 aliphatic rings. The number of aromatic nitrogens is 1. The van der Waals surface area contributed by atoms with E-state index < -0.39 is 195 Å². The van der Waals surface area contributed by atoms with E-state index in [-0.39, 0.29) is 0 Å². The second kappa shape index (κ2) is 20.9. The molecule has 0 bridgehead atoms. The van der Waals surface area contributed by atoms with E-state index in [1.54, 1.807) is 0 Å². The Hall–Kier alpha value is -7.66. The number of benzene rings is 6. The van der Waals surface area contributed by atoms with Crippen molar-refractivity contribution in [3.8, 4) is 17.3 Å². The summed E-state index contributed by atoms with van der Waals surface area (Å²) in [5.74, 6) is 0. The summed E-state index contributed by atoms with van der Waals surface area (Å²) in [7, 11) is 0. The normalized spacial score (nSPS) is 13.2. The molecule has 0 radical (unpaired) electrons. The summed E-state index contributed by atoms with van der Waals surface area (Å²) in [6.45, 7) is 0.830.